The van der Waals surface area contributed by atoms with Crippen LogP contribution in [0.1, 0.15) is 16.7 Å². The topological polar surface area (TPSA) is 20.2 Å². The predicted octanol–water partition coefficient (Wildman–Crippen LogP) is 6.72. The van der Waals surface area contributed by atoms with E-state index in [1.165, 1.54) is 5.56 Å². The van der Waals surface area contributed by atoms with Crippen molar-refractivity contribution >= 4 is 7.81 Å². The minimum Gasteiger partial charge on any atom is -0.0312 e. The summed E-state index contributed by atoms with van der Waals surface area (Å²) in [6.45, 7) is 5.85. The molecule has 1 N–H and O–H groups in total. The summed E-state index contributed by atoms with van der Waals surface area (Å²) >= 11 is 0. The van der Waals surface area contributed by atoms with Gasteiger partial charge in [-0.2, -0.15) is 0 Å². The number of phenolic OH excluding ortho intramolecular Hbond substituents is 1. The molecule has 5 radical (unpaired) electrons. The number of benzene rings is 1. The SMILES string of the molecule is Cc1cc(C)c(O)c(C)c1.F[P-](F)(F)(F)(F)F.[CH]1[CH][CH][CH][CH]1.[Fe+2]. The fraction of sp³-hybridized carbons (Fsp3) is 0.214. The summed E-state index contributed by atoms with van der Waals surface area (Å²) in [6.07, 6.45) is 10.0. The first-order valence-corrected chi connectivity index (χ1v) is 8.09. The number of phenols is 1. The van der Waals surface area contributed by atoms with Gasteiger partial charge in [0.1, 0.15) is 5.75 Å². The van der Waals surface area contributed by atoms with Gasteiger partial charge in [0.15, 0.2) is 0 Å². The van der Waals surface area contributed by atoms with Crippen molar-refractivity contribution in [1.29, 1.82) is 0 Å². The Morgan fingerprint density at radius 2 is 0.913 bits per heavy atom. The molecule has 0 heterocycles. The van der Waals surface area contributed by atoms with Gasteiger partial charge in [-0.05, 0) is 64.0 Å². The van der Waals surface area contributed by atoms with Crippen molar-refractivity contribution in [3.8, 4) is 5.75 Å². The predicted molar refractivity (Wildman–Crippen MR) is 77.4 cm³/mol. The van der Waals surface area contributed by atoms with Gasteiger partial charge in [-0.3, -0.25) is 0 Å². The van der Waals surface area contributed by atoms with Crippen LogP contribution in [0.3, 0.4) is 0 Å². The van der Waals surface area contributed by atoms with Crippen LogP contribution in [0.4, 0.5) is 25.2 Å². The van der Waals surface area contributed by atoms with E-state index in [2.05, 4.69) is 0 Å². The molecule has 1 nitrogen and oxygen atoms in total. The van der Waals surface area contributed by atoms with E-state index in [1.807, 2.05) is 65.0 Å². The van der Waals surface area contributed by atoms with Crippen LogP contribution in [0.2, 0.25) is 0 Å². The van der Waals surface area contributed by atoms with Crippen LogP contribution in [0.5, 0.6) is 5.75 Å². The van der Waals surface area contributed by atoms with E-state index >= 15 is 0 Å². The molecule has 0 unspecified atom stereocenters. The van der Waals surface area contributed by atoms with Gasteiger partial charge in [0.25, 0.3) is 0 Å². The zero-order valence-corrected chi connectivity index (χ0v) is 14.6. The Hall–Kier alpha value is -0.451. The molecule has 23 heavy (non-hydrogen) atoms. The molecular weight excluding hydrogens is 385 g/mol. The average molecular weight is 402 g/mol. The molecule has 0 aliphatic heterocycles. The molecule has 2 rings (SSSR count). The summed E-state index contributed by atoms with van der Waals surface area (Å²) in [7, 11) is -10.7. The molecule has 0 aromatic heterocycles. The Kier molecular flexibility index (Phi) is 8.72. The summed E-state index contributed by atoms with van der Waals surface area (Å²) in [5, 5.41) is 9.33. The molecule has 0 atom stereocenters. The molecule has 1 aliphatic carbocycles. The maximum absolute atomic E-state index is 10.7. The van der Waals surface area contributed by atoms with Gasteiger partial charge in [0.2, 0.25) is 0 Å². The quantitative estimate of drug-likeness (QED) is 0.290. The Balaban J connectivity index is 0. The van der Waals surface area contributed by atoms with Gasteiger partial charge in [0.05, 0.1) is 0 Å². The van der Waals surface area contributed by atoms with Crippen LogP contribution in [-0.2, 0) is 17.1 Å². The first-order chi connectivity index (χ1) is 9.56. The van der Waals surface area contributed by atoms with E-state index in [0.29, 0.717) is 5.75 Å². The second kappa shape index (κ2) is 8.08. The average Bonchev–Trinajstić information content (AvgIpc) is 2.79. The van der Waals surface area contributed by atoms with Crippen molar-refractivity contribution < 1.29 is 47.4 Å². The van der Waals surface area contributed by atoms with Gasteiger partial charge in [-0.15, -0.1) is 0 Å². The summed E-state index contributed by atoms with van der Waals surface area (Å²) in [5.41, 5.74) is 3.11. The number of aromatic hydroxyl groups is 1. The Bertz CT molecular complexity index is 455. The van der Waals surface area contributed by atoms with Crippen molar-refractivity contribution in [2.45, 2.75) is 20.8 Å². The smallest absolute Gasteiger partial charge is 0.0312 e. The van der Waals surface area contributed by atoms with Crippen molar-refractivity contribution in [3.63, 3.8) is 0 Å². The molecule has 0 amide bonds. The van der Waals surface area contributed by atoms with Crippen LogP contribution < -0.4 is 0 Å². The van der Waals surface area contributed by atoms with E-state index in [0.717, 1.165) is 11.1 Å². The normalized spacial score (nSPS) is 16.6. The number of rotatable bonds is 0. The fourth-order valence-corrected chi connectivity index (χ4v) is 1.49. The Morgan fingerprint density at radius 3 is 1.13 bits per heavy atom. The summed E-state index contributed by atoms with van der Waals surface area (Å²) < 4.78 is 59.2. The van der Waals surface area contributed by atoms with E-state index < -0.39 is 7.81 Å². The number of halogens is 6. The monoisotopic (exact) mass is 402 g/mol. The molecular formula is C14H17F6FeOP+. The van der Waals surface area contributed by atoms with E-state index in [-0.39, 0.29) is 17.1 Å². The van der Waals surface area contributed by atoms with Crippen molar-refractivity contribution in [2.24, 2.45) is 0 Å². The maximum Gasteiger partial charge on any atom is 2.00 e. The fourth-order valence-electron chi connectivity index (χ4n) is 1.49. The third-order valence-electron chi connectivity index (χ3n) is 2.19. The molecule has 1 saturated carbocycles. The van der Waals surface area contributed by atoms with Gasteiger partial charge >= 0.3 is 50.1 Å². The largest absolute Gasteiger partial charge is 2.00 e. The molecule has 1 fully saturated rings. The Labute approximate surface area is 143 Å². The standard InChI is InChI=1S/C9H12O.C5H5.F6P.Fe/c1-6-4-7(2)9(10)8(3)5-6;1-2-4-5-3-1;1-7(2,3,4,5)6;/h4-5,10H,1-3H3;1-5H;;/q;;-1;+2. The minimum absolute atomic E-state index is 0. The van der Waals surface area contributed by atoms with Gasteiger partial charge < -0.3 is 5.11 Å². The first kappa shape index (κ1) is 24.8. The zero-order chi connectivity index (χ0) is 17.7. The van der Waals surface area contributed by atoms with E-state index in [1.54, 1.807) is 0 Å². The van der Waals surface area contributed by atoms with Gasteiger partial charge in [0, 0.05) is 0 Å². The first-order valence-electron chi connectivity index (χ1n) is 6.06. The molecule has 0 bridgehead atoms. The van der Waals surface area contributed by atoms with Gasteiger partial charge in [-0.1, -0.05) is 17.7 Å². The van der Waals surface area contributed by atoms with Crippen LogP contribution in [0.15, 0.2) is 12.1 Å². The van der Waals surface area contributed by atoms with Gasteiger partial charge in [-0.25, -0.2) is 0 Å². The molecule has 1 aromatic carbocycles. The van der Waals surface area contributed by atoms with Crippen LogP contribution in [-0.4, -0.2) is 5.11 Å². The molecule has 1 aliphatic rings. The summed E-state index contributed by atoms with van der Waals surface area (Å²) in [6, 6.07) is 3.95. The Morgan fingerprint density at radius 1 is 0.696 bits per heavy atom. The van der Waals surface area contributed by atoms with Crippen LogP contribution in [0, 0.1) is 52.9 Å². The molecule has 0 saturated heterocycles. The zero-order valence-electron chi connectivity index (χ0n) is 12.6. The van der Waals surface area contributed by atoms with Crippen LogP contribution in [0.25, 0.3) is 0 Å². The van der Waals surface area contributed by atoms with E-state index in [9.17, 15) is 30.3 Å². The number of hydrogen-bond acceptors (Lipinski definition) is 1. The second-order valence-electron chi connectivity index (χ2n) is 4.67. The van der Waals surface area contributed by atoms with E-state index in [4.69, 9.17) is 0 Å². The summed E-state index contributed by atoms with van der Waals surface area (Å²) in [5.74, 6) is 0.422. The maximum atomic E-state index is 9.87. The number of hydrogen-bond donors (Lipinski definition) is 1. The van der Waals surface area contributed by atoms with Crippen LogP contribution >= 0.6 is 7.81 Å². The van der Waals surface area contributed by atoms with Crippen molar-refractivity contribution in [1.82, 2.24) is 0 Å². The molecule has 1 aromatic rings. The second-order valence-corrected chi connectivity index (χ2v) is 6.58. The summed E-state index contributed by atoms with van der Waals surface area (Å²) in [4.78, 5) is 0. The molecule has 133 valence electrons. The molecule has 0 spiro atoms. The minimum atomic E-state index is -10.7. The van der Waals surface area contributed by atoms with Crippen molar-refractivity contribution in [2.75, 3.05) is 0 Å². The number of aryl methyl sites for hydroxylation is 3. The molecule has 9 heteroatoms. The van der Waals surface area contributed by atoms with Crippen molar-refractivity contribution in [3.05, 3.63) is 60.9 Å². The third-order valence-corrected chi connectivity index (χ3v) is 2.19. The third kappa shape index (κ3) is 19.5.